The van der Waals surface area contributed by atoms with E-state index < -0.39 is 11.7 Å². The smallest absolute Gasteiger partial charge is 0.419 e. The Morgan fingerprint density at radius 3 is 2.44 bits per heavy atom. The summed E-state index contributed by atoms with van der Waals surface area (Å²) < 4.78 is 43.1. The highest BCUT2D eigenvalue weighted by molar-refractivity contribution is 7.80. The van der Waals surface area contributed by atoms with Gasteiger partial charge >= 0.3 is 6.18 Å². The Morgan fingerprint density at radius 1 is 1.38 bits per heavy atom. The quantitative estimate of drug-likeness (QED) is 0.795. The molecule has 0 saturated heterocycles. The van der Waals surface area contributed by atoms with Crippen molar-refractivity contribution in [1.82, 2.24) is 0 Å². The molecule has 16 heavy (non-hydrogen) atoms. The molecule has 1 unspecified atom stereocenters. The average molecular weight is 250 g/mol. The topological polar surface area (TPSA) is 9.23 Å². The number of benzene rings is 1. The van der Waals surface area contributed by atoms with Crippen molar-refractivity contribution < 1.29 is 17.9 Å². The second-order valence-electron chi connectivity index (χ2n) is 3.36. The lowest BCUT2D eigenvalue weighted by molar-refractivity contribution is -0.138. The summed E-state index contributed by atoms with van der Waals surface area (Å²) in [6, 6.07) is 4.02. The molecule has 0 aromatic heterocycles. The normalized spacial score (nSPS) is 13.6. The number of rotatable bonds is 3. The van der Waals surface area contributed by atoms with Crippen molar-refractivity contribution in [2.45, 2.75) is 25.3 Å². The van der Waals surface area contributed by atoms with Gasteiger partial charge in [0.25, 0.3) is 0 Å². The molecule has 0 aliphatic heterocycles. The summed E-state index contributed by atoms with van der Waals surface area (Å²) in [5.41, 5.74) is -0.216. The van der Waals surface area contributed by atoms with Crippen molar-refractivity contribution in [3.8, 4) is 5.75 Å². The van der Waals surface area contributed by atoms with E-state index in [0.29, 0.717) is 5.56 Å². The van der Waals surface area contributed by atoms with Gasteiger partial charge in [-0.05, 0) is 31.5 Å². The molecule has 1 aromatic rings. The number of hydrogen-bond acceptors (Lipinski definition) is 2. The molecule has 1 atom stereocenters. The Morgan fingerprint density at radius 2 is 2.00 bits per heavy atom. The molecule has 0 saturated carbocycles. The van der Waals surface area contributed by atoms with Crippen LogP contribution in [0.5, 0.6) is 5.75 Å². The van der Waals surface area contributed by atoms with Crippen LogP contribution in [0.3, 0.4) is 0 Å². The van der Waals surface area contributed by atoms with E-state index in [1.54, 1.807) is 19.9 Å². The molecule has 0 radical (unpaired) electrons. The first-order chi connectivity index (χ1) is 7.36. The Kier molecular flexibility index (Phi) is 4.13. The van der Waals surface area contributed by atoms with Crippen molar-refractivity contribution in [2.24, 2.45) is 0 Å². The third kappa shape index (κ3) is 3.07. The SMILES string of the molecule is CCOc1ccc(C(C)S)cc1C(F)(F)F. The lowest BCUT2D eigenvalue weighted by atomic mass is 10.1. The highest BCUT2D eigenvalue weighted by Gasteiger charge is 2.34. The van der Waals surface area contributed by atoms with Crippen LogP contribution in [0, 0.1) is 0 Å². The highest BCUT2D eigenvalue weighted by atomic mass is 32.1. The predicted octanol–water partition coefficient (Wildman–Crippen LogP) is 4.09. The van der Waals surface area contributed by atoms with E-state index in [0.717, 1.165) is 6.07 Å². The van der Waals surface area contributed by atoms with Gasteiger partial charge in [0.15, 0.2) is 0 Å². The molecular weight excluding hydrogens is 237 g/mol. The molecule has 0 aliphatic rings. The molecule has 90 valence electrons. The molecule has 0 spiro atoms. The van der Waals surface area contributed by atoms with E-state index in [4.69, 9.17) is 4.74 Å². The van der Waals surface area contributed by atoms with E-state index >= 15 is 0 Å². The van der Waals surface area contributed by atoms with Crippen LogP contribution < -0.4 is 4.74 Å². The molecule has 1 aromatic carbocycles. The largest absolute Gasteiger partial charge is 0.493 e. The maximum Gasteiger partial charge on any atom is 0.419 e. The number of alkyl halides is 3. The van der Waals surface area contributed by atoms with Gasteiger partial charge in [-0.1, -0.05) is 6.07 Å². The van der Waals surface area contributed by atoms with Crippen molar-refractivity contribution in [2.75, 3.05) is 6.61 Å². The zero-order valence-corrected chi connectivity index (χ0v) is 9.90. The molecule has 5 heteroatoms. The zero-order valence-electron chi connectivity index (χ0n) is 9.01. The van der Waals surface area contributed by atoms with Crippen molar-refractivity contribution in [3.05, 3.63) is 29.3 Å². The summed E-state index contributed by atoms with van der Waals surface area (Å²) in [5, 5.41) is -0.239. The third-order valence-corrected chi connectivity index (χ3v) is 2.39. The van der Waals surface area contributed by atoms with Gasteiger partial charge in [0, 0.05) is 5.25 Å². The lowest BCUT2D eigenvalue weighted by Gasteiger charge is -2.15. The molecule has 0 aliphatic carbocycles. The van der Waals surface area contributed by atoms with E-state index in [-0.39, 0.29) is 17.6 Å². The standard InChI is InChI=1S/C11H13F3OS/c1-3-15-10-5-4-8(7(2)16)6-9(10)11(12,13)14/h4-7,16H,3H2,1-2H3. The fraction of sp³-hybridized carbons (Fsp3) is 0.455. The predicted molar refractivity (Wildman–Crippen MR) is 60.0 cm³/mol. The molecule has 1 nitrogen and oxygen atoms in total. The summed E-state index contributed by atoms with van der Waals surface area (Å²) in [7, 11) is 0. The van der Waals surface area contributed by atoms with Gasteiger partial charge in [-0.25, -0.2) is 0 Å². The van der Waals surface area contributed by atoms with Gasteiger partial charge in [0.2, 0.25) is 0 Å². The van der Waals surface area contributed by atoms with Crippen LogP contribution in [-0.4, -0.2) is 6.61 Å². The first kappa shape index (κ1) is 13.2. The highest BCUT2D eigenvalue weighted by Crippen LogP contribution is 2.38. The van der Waals surface area contributed by atoms with E-state index in [1.165, 1.54) is 6.07 Å². The molecule has 1 rings (SSSR count). The van der Waals surface area contributed by atoms with E-state index in [2.05, 4.69) is 12.6 Å². The second kappa shape index (κ2) is 4.99. The number of ether oxygens (including phenoxy) is 1. The van der Waals surface area contributed by atoms with Gasteiger partial charge in [-0.15, -0.1) is 0 Å². The van der Waals surface area contributed by atoms with Crippen LogP contribution in [0.25, 0.3) is 0 Å². The van der Waals surface area contributed by atoms with Crippen LogP contribution >= 0.6 is 12.6 Å². The van der Waals surface area contributed by atoms with Crippen molar-refractivity contribution in [3.63, 3.8) is 0 Å². The molecular formula is C11H13F3OS. The van der Waals surface area contributed by atoms with Gasteiger partial charge in [-0.3, -0.25) is 0 Å². The first-order valence-electron chi connectivity index (χ1n) is 4.88. The summed E-state index contributed by atoms with van der Waals surface area (Å²) in [6.07, 6.45) is -4.40. The number of thiol groups is 1. The van der Waals surface area contributed by atoms with Crippen LogP contribution in [0.2, 0.25) is 0 Å². The fourth-order valence-electron chi connectivity index (χ4n) is 1.31. The van der Waals surface area contributed by atoms with Gasteiger partial charge in [-0.2, -0.15) is 25.8 Å². The van der Waals surface area contributed by atoms with Gasteiger partial charge in [0.1, 0.15) is 5.75 Å². The van der Waals surface area contributed by atoms with E-state index in [1.807, 2.05) is 0 Å². The molecule has 0 amide bonds. The fourth-order valence-corrected chi connectivity index (χ4v) is 1.47. The molecule has 0 heterocycles. The summed E-state index contributed by atoms with van der Waals surface area (Å²) >= 11 is 4.11. The van der Waals surface area contributed by atoms with Crippen LogP contribution in [0.15, 0.2) is 18.2 Å². The Hall–Kier alpha value is -0.840. The Bertz CT molecular complexity index is 361. The minimum absolute atomic E-state index is 0.132. The maximum absolute atomic E-state index is 12.7. The van der Waals surface area contributed by atoms with Crippen LogP contribution in [-0.2, 0) is 6.18 Å². The molecule has 0 bridgehead atoms. The molecule has 0 N–H and O–H groups in total. The minimum atomic E-state index is -4.40. The zero-order chi connectivity index (χ0) is 12.3. The van der Waals surface area contributed by atoms with Crippen molar-refractivity contribution >= 4 is 12.6 Å². The number of halogens is 3. The van der Waals surface area contributed by atoms with Crippen molar-refractivity contribution in [1.29, 1.82) is 0 Å². The van der Waals surface area contributed by atoms with Crippen LogP contribution in [0.1, 0.15) is 30.2 Å². The average Bonchev–Trinajstić information content (AvgIpc) is 2.16. The van der Waals surface area contributed by atoms with Gasteiger partial charge in [0.05, 0.1) is 12.2 Å². The monoisotopic (exact) mass is 250 g/mol. The van der Waals surface area contributed by atoms with Gasteiger partial charge < -0.3 is 4.74 Å². The lowest BCUT2D eigenvalue weighted by Crippen LogP contribution is -2.09. The maximum atomic E-state index is 12.7. The van der Waals surface area contributed by atoms with E-state index in [9.17, 15) is 13.2 Å². The first-order valence-corrected chi connectivity index (χ1v) is 5.40. The number of hydrogen-bond donors (Lipinski definition) is 1. The summed E-state index contributed by atoms with van der Waals surface area (Å²) in [4.78, 5) is 0. The van der Waals surface area contributed by atoms with Crippen LogP contribution in [0.4, 0.5) is 13.2 Å². The minimum Gasteiger partial charge on any atom is -0.493 e. The Balaban J connectivity index is 3.21. The summed E-state index contributed by atoms with van der Waals surface area (Å²) in [5.74, 6) is -0.132. The summed E-state index contributed by atoms with van der Waals surface area (Å²) in [6.45, 7) is 3.58. The second-order valence-corrected chi connectivity index (χ2v) is 4.14. The third-order valence-electron chi connectivity index (χ3n) is 2.09. The Labute approximate surface area is 98.0 Å². The molecule has 0 fully saturated rings.